The topological polar surface area (TPSA) is 76.2 Å². The Labute approximate surface area is 205 Å². The Morgan fingerprint density at radius 3 is 2.65 bits per heavy atom. The van der Waals surface area contributed by atoms with E-state index in [4.69, 9.17) is 21.1 Å². The highest BCUT2D eigenvalue weighted by Crippen LogP contribution is 2.35. The van der Waals surface area contributed by atoms with E-state index in [9.17, 15) is 18.8 Å². The van der Waals surface area contributed by atoms with E-state index < -0.39 is 17.0 Å². The lowest BCUT2D eigenvalue weighted by atomic mass is 10.1. The maximum atomic E-state index is 14.1. The Balaban J connectivity index is 1.50. The van der Waals surface area contributed by atoms with Crippen molar-refractivity contribution in [1.29, 1.82) is 0 Å². The van der Waals surface area contributed by atoms with Crippen LogP contribution in [0.1, 0.15) is 24.0 Å². The van der Waals surface area contributed by atoms with Crippen LogP contribution in [0.25, 0.3) is 6.08 Å². The highest BCUT2D eigenvalue weighted by Gasteiger charge is 2.37. The molecule has 2 aliphatic heterocycles. The zero-order valence-corrected chi connectivity index (χ0v) is 20.0. The van der Waals surface area contributed by atoms with Gasteiger partial charge in [0.1, 0.15) is 19.0 Å². The van der Waals surface area contributed by atoms with Crippen LogP contribution in [0.15, 0.2) is 41.3 Å². The molecule has 178 valence electrons. The molecule has 34 heavy (non-hydrogen) atoms. The SMILES string of the molecule is COc1ccc(/C=C2\SC(=O)N(CC(=O)N3CCCC3)C2=O)cc1OCc1c(F)cccc1Cl. The lowest BCUT2D eigenvalue weighted by Gasteiger charge is -2.18. The van der Waals surface area contributed by atoms with Gasteiger partial charge in [0.25, 0.3) is 11.1 Å². The first-order valence-electron chi connectivity index (χ1n) is 10.6. The minimum atomic E-state index is -0.515. The fourth-order valence-corrected chi connectivity index (χ4v) is 4.76. The van der Waals surface area contributed by atoms with E-state index in [0.717, 1.165) is 29.5 Å². The number of nitrogens with zero attached hydrogens (tertiary/aromatic N) is 2. The van der Waals surface area contributed by atoms with Gasteiger partial charge in [-0.3, -0.25) is 19.3 Å². The second-order valence-corrected chi connectivity index (χ2v) is 9.16. The molecule has 2 fully saturated rings. The van der Waals surface area contributed by atoms with Crippen LogP contribution in [0.4, 0.5) is 9.18 Å². The summed E-state index contributed by atoms with van der Waals surface area (Å²) in [6.07, 6.45) is 3.41. The number of methoxy groups -OCH3 is 1. The number of halogens is 2. The van der Waals surface area contributed by atoms with Crippen molar-refractivity contribution in [2.24, 2.45) is 0 Å². The molecule has 0 saturated carbocycles. The first-order chi connectivity index (χ1) is 16.4. The van der Waals surface area contributed by atoms with Gasteiger partial charge in [-0.15, -0.1) is 0 Å². The maximum absolute atomic E-state index is 14.1. The molecule has 2 aromatic carbocycles. The summed E-state index contributed by atoms with van der Waals surface area (Å²) in [5.74, 6) is -0.500. The Kier molecular flexibility index (Phi) is 7.43. The van der Waals surface area contributed by atoms with Crippen LogP contribution >= 0.6 is 23.4 Å². The van der Waals surface area contributed by atoms with Gasteiger partial charge in [-0.25, -0.2) is 4.39 Å². The van der Waals surface area contributed by atoms with Crippen molar-refractivity contribution in [1.82, 2.24) is 9.80 Å². The van der Waals surface area contributed by atoms with Crippen LogP contribution in [-0.2, 0) is 16.2 Å². The fraction of sp³-hybridized carbons (Fsp3) is 0.292. The molecule has 0 radical (unpaired) electrons. The smallest absolute Gasteiger partial charge is 0.294 e. The van der Waals surface area contributed by atoms with E-state index in [0.29, 0.717) is 30.2 Å². The number of imide groups is 1. The van der Waals surface area contributed by atoms with E-state index in [2.05, 4.69) is 0 Å². The maximum Gasteiger partial charge on any atom is 0.294 e. The molecule has 0 atom stereocenters. The van der Waals surface area contributed by atoms with Crippen molar-refractivity contribution in [3.8, 4) is 11.5 Å². The summed E-state index contributed by atoms with van der Waals surface area (Å²) >= 11 is 6.85. The number of likely N-dealkylation sites (tertiary alicyclic amines) is 1. The summed E-state index contributed by atoms with van der Waals surface area (Å²) in [6.45, 7) is 0.915. The van der Waals surface area contributed by atoms with Crippen molar-refractivity contribution in [2.75, 3.05) is 26.7 Å². The molecule has 3 amide bonds. The summed E-state index contributed by atoms with van der Waals surface area (Å²) in [6, 6.07) is 9.34. The zero-order valence-electron chi connectivity index (χ0n) is 18.4. The molecule has 0 bridgehead atoms. The van der Waals surface area contributed by atoms with E-state index >= 15 is 0 Å². The van der Waals surface area contributed by atoms with Crippen molar-refractivity contribution in [2.45, 2.75) is 19.4 Å². The average Bonchev–Trinajstić information content (AvgIpc) is 3.44. The summed E-state index contributed by atoms with van der Waals surface area (Å²) in [5, 5.41) is -0.241. The first kappa shape index (κ1) is 24.1. The molecular weight excluding hydrogens is 483 g/mol. The molecule has 2 aromatic rings. The van der Waals surface area contributed by atoms with E-state index in [-0.39, 0.29) is 34.6 Å². The third kappa shape index (κ3) is 5.20. The summed E-state index contributed by atoms with van der Waals surface area (Å²) in [4.78, 5) is 40.4. The molecule has 2 heterocycles. The number of amides is 3. The number of ether oxygens (including phenoxy) is 2. The van der Waals surface area contributed by atoms with E-state index in [1.807, 2.05) is 0 Å². The van der Waals surface area contributed by atoms with Crippen LogP contribution < -0.4 is 9.47 Å². The molecule has 0 aromatic heterocycles. The van der Waals surface area contributed by atoms with Crippen LogP contribution in [0.2, 0.25) is 5.02 Å². The Morgan fingerprint density at radius 2 is 1.94 bits per heavy atom. The van der Waals surface area contributed by atoms with Crippen molar-refractivity contribution < 1.29 is 28.2 Å². The molecule has 10 heteroatoms. The third-order valence-electron chi connectivity index (χ3n) is 5.54. The molecule has 0 aliphatic carbocycles. The number of hydrogen-bond donors (Lipinski definition) is 0. The molecular formula is C24H22ClFN2O5S. The number of rotatable bonds is 7. The van der Waals surface area contributed by atoms with Crippen molar-refractivity contribution in [3.63, 3.8) is 0 Å². The van der Waals surface area contributed by atoms with Gasteiger partial charge in [-0.2, -0.15) is 0 Å². The molecule has 2 saturated heterocycles. The van der Waals surface area contributed by atoms with Gasteiger partial charge in [-0.1, -0.05) is 23.7 Å². The summed E-state index contributed by atoms with van der Waals surface area (Å²) in [7, 11) is 1.47. The third-order valence-corrected chi connectivity index (χ3v) is 6.81. The van der Waals surface area contributed by atoms with Gasteiger partial charge in [0.2, 0.25) is 5.91 Å². The summed E-state index contributed by atoms with van der Waals surface area (Å²) in [5.41, 5.74) is 0.784. The van der Waals surface area contributed by atoms with Crippen LogP contribution in [0.5, 0.6) is 11.5 Å². The molecule has 2 aliphatic rings. The molecule has 0 spiro atoms. The Bertz CT molecular complexity index is 1150. The van der Waals surface area contributed by atoms with Gasteiger partial charge >= 0.3 is 0 Å². The number of hydrogen-bond acceptors (Lipinski definition) is 6. The van der Waals surface area contributed by atoms with E-state index in [1.54, 1.807) is 35.2 Å². The zero-order chi connectivity index (χ0) is 24.2. The minimum Gasteiger partial charge on any atom is -0.493 e. The Hall–Kier alpha value is -3.04. The minimum absolute atomic E-state index is 0.125. The number of carbonyl (C=O) groups excluding carboxylic acids is 3. The van der Waals surface area contributed by atoms with Crippen molar-refractivity contribution in [3.05, 3.63) is 63.3 Å². The Morgan fingerprint density at radius 1 is 1.18 bits per heavy atom. The van der Waals surface area contributed by atoms with Gasteiger partial charge in [0.15, 0.2) is 11.5 Å². The second-order valence-electron chi connectivity index (χ2n) is 7.75. The quantitative estimate of drug-likeness (QED) is 0.508. The number of thioether (sulfide) groups is 1. The predicted octanol–water partition coefficient (Wildman–Crippen LogP) is 4.73. The van der Waals surface area contributed by atoms with E-state index in [1.165, 1.54) is 19.2 Å². The second kappa shape index (κ2) is 10.5. The first-order valence-corrected chi connectivity index (χ1v) is 11.8. The molecule has 7 nitrogen and oxygen atoms in total. The average molecular weight is 505 g/mol. The number of benzene rings is 2. The highest BCUT2D eigenvalue weighted by molar-refractivity contribution is 8.18. The predicted molar refractivity (Wildman–Crippen MR) is 127 cm³/mol. The monoisotopic (exact) mass is 504 g/mol. The number of carbonyl (C=O) groups is 3. The lowest BCUT2D eigenvalue weighted by molar-refractivity contribution is -0.135. The largest absolute Gasteiger partial charge is 0.493 e. The van der Waals surface area contributed by atoms with Crippen LogP contribution in [0.3, 0.4) is 0 Å². The van der Waals surface area contributed by atoms with Gasteiger partial charge in [-0.05, 0) is 60.5 Å². The van der Waals surface area contributed by atoms with Gasteiger partial charge in [0.05, 0.1) is 17.0 Å². The summed E-state index contributed by atoms with van der Waals surface area (Å²) < 4.78 is 25.2. The van der Waals surface area contributed by atoms with Gasteiger partial charge in [0, 0.05) is 18.7 Å². The van der Waals surface area contributed by atoms with Crippen LogP contribution in [-0.4, -0.2) is 53.6 Å². The molecule has 4 rings (SSSR count). The molecule has 0 N–H and O–H groups in total. The normalized spacial score (nSPS) is 17.1. The van der Waals surface area contributed by atoms with Crippen LogP contribution in [0, 0.1) is 5.82 Å². The fourth-order valence-electron chi connectivity index (χ4n) is 3.71. The lowest BCUT2D eigenvalue weighted by Crippen LogP contribution is -2.40. The van der Waals surface area contributed by atoms with Gasteiger partial charge < -0.3 is 14.4 Å². The standard InChI is InChI=1S/C24H22ClFN2O5S/c1-32-19-8-7-15(11-20(19)33-14-16-17(25)5-4-6-18(16)26)12-21-23(30)28(24(31)34-21)13-22(29)27-9-2-3-10-27/h4-8,11-12H,2-3,9-10,13-14H2,1H3/b21-12-. The highest BCUT2D eigenvalue weighted by atomic mass is 35.5. The van der Waals surface area contributed by atoms with Crippen molar-refractivity contribution >= 4 is 46.5 Å². The molecule has 0 unspecified atom stereocenters.